The number of hydrogen-bond donors (Lipinski definition) is 1. The summed E-state index contributed by atoms with van der Waals surface area (Å²) in [6.07, 6.45) is 0. The third-order valence-electron chi connectivity index (χ3n) is 3.18. The molecule has 2 aromatic carbocycles. The normalized spacial score (nSPS) is 10.3. The lowest BCUT2D eigenvalue weighted by Crippen LogP contribution is -2.28. The first-order valence-corrected chi connectivity index (χ1v) is 8.31. The first-order valence-electron chi connectivity index (χ1n) is 7.14. The molecule has 26 heavy (non-hydrogen) atoms. The van der Waals surface area contributed by atoms with Gasteiger partial charge in [0.15, 0.2) is 0 Å². The summed E-state index contributed by atoms with van der Waals surface area (Å²) in [6, 6.07) is 7.34. The highest BCUT2D eigenvalue weighted by Gasteiger charge is 2.16. The molecule has 0 radical (unpaired) electrons. The van der Waals surface area contributed by atoms with Crippen LogP contribution in [-0.4, -0.2) is 30.0 Å². The molecule has 10 heteroatoms. The smallest absolute Gasteiger partial charge is 0.341 e. The number of amides is 1. The third kappa shape index (κ3) is 4.99. The second kappa shape index (κ2) is 8.72. The number of nitrogens with zero attached hydrogens (tertiary/aromatic N) is 1. The molecule has 0 spiro atoms. The van der Waals surface area contributed by atoms with E-state index in [0.717, 1.165) is 18.2 Å². The monoisotopic (exact) mass is 444 g/mol. The van der Waals surface area contributed by atoms with Crippen LogP contribution in [-0.2, 0) is 4.74 Å². The Balaban J connectivity index is 1.87. The average Bonchev–Trinajstić information content (AvgIpc) is 2.58. The Morgan fingerprint density at radius 1 is 1.23 bits per heavy atom. The SMILES string of the molecule is O=C(OCCNC(=O)c1ccc([N+](=O)[O-])cc1Cl)c1ccc(Br)cc1F. The molecule has 0 aliphatic rings. The van der Waals surface area contributed by atoms with Crippen molar-refractivity contribution in [2.24, 2.45) is 0 Å². The summed E-state index contributed by atoms with van der Waals surface area (Å²) in [6.45, 7) is -0.235. The molecule has 1 amide bonds. The Morgan fingerprint density at radius 2 is 1.92 bits per heavy atom. The van der Waals surface area contributed by atoms with Crippen molar-refractivity contribution in [1.29, 1.82) is 0 Å². The van der Waals surface area contributed by atoms with Crippen LogP contribution < -0.4 is 5.32 Å². The maximum atomic E-state index is 13.6. The van der Waals surface area contributed by atoms with Crippen molar-refractivity contribution >= 4 is 45.1 Å². The van der Waals surface area contributed by atoms with Crippen molar-refractivity contribution < 1.29 is 23.6 Å². The van der Waals surface area contributed by atoms with Crippen molar-refractivity contribution in [3.05, 3.63) is 73.0 Å². The van der Waals surface area contributed by atoms with E-state index in [1.165, 1.54) is 18.2 Å². The van der Waals surface area contributed by atoms with E-state index in [4.69, 9.17) is 16.3 Å². The minimum Gasteiger partial charge on any atom is -0.460 e. The van der Waals surface area contributed by atoms with Crippen molar-refractivity contribution in [2.75, 3.05) is 13.2 Å². The van der Waals surface area contributed by atoms with Crippen LogP contribution in [0.4, 0.5) is 10.1 Å². The van der Waals surface area contributed by atoms with Crippen molar-refractivity contribution in [3.8, 4) is 0 Å². The lowest BCUT2D eigenvalue weighted by molar-refractivity contribution is -0.384. The molecule has 2 aromatic rings. The summed E-state index contributed by atoms with van der Waals surface area (Å²) in [5.74, 6) is -2.18. The zero-order chi connectivity index (χ0) is 19.3. The van der Waals surface area contributed by atoms with Gasteiger partial charge in [-0.05, 0) is 24.3 Å². The van der Waals surface area contributed by atoms with Crippen LogP contribution >= 0.6 is 27.5 Å². The van der Waals surface area contributed by atoms with Gasteiger partial charge in [0.1, 0.15) is 12.4 Å². The first-order chi connectivity index (χ1) is 12.3. The number of ether oxygens (including phenoxy) is 1. The largest absolute Gasteiger partial charge is 0.460 e. The van der Waals surface area contributed by atoms with Crippen molar-refractivity contribution in [1.82, 2.24) is 5.32 Å². The number of nitro groups is 1. The summed E-state index contributed by atoms with van der Waals surface area (Å²) in [4.78, 5) is 33.8. The molecule has 0 saturated carbocycles. The zero-order valence-corrected chi connectivity index (χ0v) is 15.3. The van der Waals surface area contributed by atoms with E-state index in [1.54, 1.807) is 0 Å². The van der Waals surface area contributed by atoms with E-state index in [-0.39, 0.29) is 35.0 Å². The highest BCUT2D eigenvalue weighted by molar-refractivity contribution is 9.10. The molecule has 1 N–H and O–H groups in total. The standard InChI is InChI=1S/C16H11BrClFN2O5/c17-9-1-3-12(14(19)7-9)16(23)26-6-5-20-15(22)11-4-2-10(21(24)25)8-13(11)18/h1-4,7-8H,5-6H2,(H,20,22). The van der Waals surface area contributed by atoms with Gasteiger partial charge in [0, 0.05) is 16.6 Å². The fraction of sp³-hybridized carbons (Fsp3) is 0.125. The molecular formula is C16H11BrClFN2O5. The maximum absolute atomic E-state index is 13.6. The molecule has 0 aromatic heterocycles. The number of esters is 1. The number of rotatable bonds is 6. The Labute approximate surface area is 160 Å². The molecule has 0 unspecified atom stereocenters. The molecular weight excluding hydrogens is 435 g/mol. The number of nitro benzene ring substituents is 1. The minimum absolute atomic E-state index is 0.0440. The van der Waals surface area contributed by atoms with Crippen molar-refractivity contribution in [3.63, 3.8) is 0 Å². The topological polar surface area (TPSA) is 98.5 Å². The summed E-state index contributed by atoms with van der Waals surface area (Å²) in [7, 11) is 0. The summed E-state index contributed by atoms with van der Waals surface area (Å²) in [5.41, 5.74) is -0.419. The van der Waals surface area contributed by atoms with Gasteiger partial charge in [-0.3, -0.25) is 14.9 Å². The summed E-state index contributed by atoms with van der Waals surface area (Å²) < 4.78 is 19.0. The number of carbonyl (C=O) groups is 2. The van der Waals surface area contributed by atoms with Crippen LogP contribution in [0, 0.1) is 15.9 Å². The van der Waals surface area contributed by atoms with E-state index >= 15 is 0 Å². The molecule has 0 fully saturated rings. The van der Waals surface area contributed by atoms with Gasteiger partial charge in [-0.25, -0.2) is 9.18 Å². The summed E-state index contributed by atoms with van der Waals surface area (Å²) >= 11 is 8.92. The molecule has 136 valence electrons. The number of benzene rings is 2. The molecule has 0 heterocycles. The first kappa shape index (κ1) is 19.8. The van der Waals surface area contributed by atoms with Crippen LogP contribution in [0.15, 0.2) is 40.9 Å². The third-order valence-corrected chi connectivity index (χ3v) is 3.99. The fourth-order valence-corrected chi connectivity index (χ4v) is 2.53. The van der Waals surface area contributed by atoms with E-state index < -0.39 is 22.6 Å². The molecule has 0 aliphatic carbocycles. The highest BCUT2D eigenvalue weighted by atomic mass is 79.9. The van der Waals surface area contributed by atoms with Gasteiger partial charge >= 0.3 is 5.97 Å². The van der Waals surface area contributed by atoms with Gasteiger partial charge in [-0.15, -0.1) is 0 Å². The Bertz CT molecular complexity index is 878. The lowest BCUT2D eigenvalue weighted by atomic mass is 10.2. The maximum Gasteiger partial charge on any atom is 0.341 e. The lowest BCUT2D eigenvalue weighted by Gasteiger charge is -2.08. The van der Waals surface area contributed by atoms with Crippen LogP contribution in [0.2, 0.25) is 5.02 Å². The van der Waals surface area contributed by atoms with Crippen LogP contribution in [0.3, 0.4) is 0 Å². The molecule has 7 nitrogen and oxygen atoms in total. The second-order valence-corrected chi connectivity index (χ2v) is 6.26. The van der Waals surface area contributed by atoms with Gasteiger partial charge in [-0.1, -0.05) is 27.5 Å². The Morgan fingerprint density at radius 3 is 2.54 bits per heavy atom. The fourth-order valence-electron chi connectivity index (χ4n) is 1.94. The molecule has 0 aliphatic heterocycles. The molecule has 0 atom stereocenters. The average molecular weight is 446 g/mol. The number of non-ortho nitro benzene ring substituents is 1. The van der Waals surface area contributed by atoms with Gasteiger partial charge in [0.2, 0.25) is 0 Å². The summed E-state index contributed by atoms with van der Waals surface area (Å²) in [5, 5.41) is 13.0. The van der Waals surface area contributed by atoms with Gasteiger partial charge in [-0.2, -0.15) is 0 Å². The number of nitrogens with one attached hydrogen (secondary N) is 1. The van der Waals surface area contributed by atoms with Gasteiger partial charge in [0.25, 0.3) is 11.6 Å². The predicted molar refractivity (Wildman–Crippen MR) is 94.8 cm³/mol. The number of halogens is 3. The minimum atomic E-state index is -0.863. The quantitative estimate of drug-likeness (QED) is 0.316. The van der Waals surface area contributed by atoms with Gasteiger partial charge in [0.05, 0.1) is 27.6 Å². The zero-order valence-electron chi connectivity index (χ0n) is 13.0. The second-order valence-electron chi connectivity index (χ2n) is 4.94. The Hall–Kier alpha value is -2.52. The number of carbonyl (C=O) groups excluding carboxylic acids is 2. The van der Waals surface area contributed by atoms with E-state index in [0.29, 0.717) is 4.47 Å². The van der Waals surface area contributed by atoms with Gasteiger partial charge < -0.3 is 10.1 Å². The Kier molecular flexibility index (Phi) is 6.64. The van der Waals surface area contributed by atoms with Crippen LogP contribution in [0.25, 0.3) is 0 Å². The molecule has 0 bridgehead atoms. The van der Waals surface area contributed by atoms with Crippen molar-refractivity contribution in [2.45, 2.75) is 0 Å². The van der Waals surface area contributed by atoms with E-state index in [2.05, 4.69) is 21.2 Å². The predicted octanol–water partition coefficient (Wildman–Crippen LogP) is 3.74. The van der Waals surface area contributed by atoms with Crippen LogP contribution in [0.1, 0.15) is 20.7 Å². The van der Waals surface area contributed by atoms with Crippen LogP contribution in [0.5, 0.6) is 0 Å². The highest BCUT2D eigenvalue weighted by Crippen LogP contribution is 2.22. The number of hydrogen-bond acceptors (Lipinski definition) is 5. The van der Waals surface area contributed by atoms with E-state index in [1.807, 2.05) is 0 Å². The molecule has 2 rings (SSSR count). The molecule has 0 saturated heterocycles. The van der Waals surface area contributed by atoms with E-state index in [9.17, 15) is 24.1 Å².